The molecular formula is C24H50O11S. The van der Waals surface area contributed by atoms with Gasteiger partial charge in [0.25, 0.3) is 10.1 Å². The van der Waals surface area contributed by atoms with Crippen molar-refractivity contribution in [2.24, 2.45) is 0 Å². The number of rotatable bonds is 29. The lowest BCUT2D eigenvalue weighted by Gasteiger charge is -2.22. The quantitative estimate of drug-likeness (QED) is 0.0441. The molecule has 2 atom stereocenters. The Balaban J connectivity index is 4.48. The van der Waals surface area contributed by atoms with Crippen molar-refractivity contribution >= 4 is 10.1 Å². The Hall–Kier alpha value is -0.410. The summed E-state index contributed by atoms with van der Waals surface area (Å²) < 4.78 is 32.2. The van der Waals surface area contributed by atoms with Crippen molar-refractivity contribution in [2.45, 2.75) is 141 Å². The van der Waals surface area contributed by atoms with Crippen molar-refractivity contribution in [1.82, 2.24) is 0 Å². The first-order valence-electron chi connectivity index (χ1n) is 13.6. The lowest BCUT2D eigenvalue weighted by molar-refractivity contribution is -0.623. The van der Waals surface area contributed by atoms with Gasteiger partial charge in [0.15, 0.2) is 0 Å². The van der Waals surface area contributed by atoms with Crippen LogP contribution in [0.3, 0.4) is 0 Å². The van der Waals surface area contributed by atoms with E-state index in [0.717, 1.165) is 103 Å². The molecule has 0 radical (unpaired) electrons. The molecule has 0 aromatic heterocycles. The number of unbranched alkanes of at least 4 members (excludes halogenated alkanes) is 10. The zero-order valence-corrected chi connectivity index (χ0v) is 23.1. The molecule has 0 heterocycles. The normalized spacial score (nSPS) is 13.8. The Labute approximate surface area is 217 Å². The molecule has 0 amide bonds. The van der Waals surface area contributed by atoms with Crippen molar-refractivity contribution in [2.75, 3.05) is 13.2 Å². The van der Waals surface area contributed by atoms with Crippen LogP contribution in [0.25, 0.3) is 0 Å². The van der Waals surface area contributed by atoms with Gasteiger partial charge in [-0.2, -0.15) is 8.42 Å². The predicted octanol–water partition coefficient (Wildman–Crippen LogP) is 6.84. The van der Waals surface area contributed by atoms with Crippen LogP contribution in [0, 0.1) is 0 Å². The van der Waals surface area contributed by atoms with Crippen LogP contribution in [0.2, 0.25) is 0 Å². The molecule has 0 aliphatic carbocycles. The zero-order chi connectivity index (χ0) is 26.7. The fourth-order valence-corrected chi connectivity index (χ4v) is 5.68. The Morgan fingerprint density at radius 1 is 0.583 bits per heavy atom. The molecule has 11 nitrogen and oxygen atoms in total. The molecule has 12 heteroatoms. The van der Waals surface area contributed by atoms with E-state index in [1.54, 1.807) is 0 Å². The lowest BCUT2D eigenvalue weighted by atomic mass is 10.0. The molecule has 2 unspecified atom stereocenters. The monoisotopic (exact) mass is 546 g/mol. The van der Waals surface area contributed by atoms with Gasteiger partial charge in [-0.1, -0.05) is 90.9 Å². The minimum absolute atomic E-state index is 0.261. The summed E-state index contributed by atoms with van der Waals surface area (Å²) in [7, 11) is -3.63. The maximum absolute atomic E-state index is 13.2. The second kappa shape index (κ2) is 26.2. The summed E-state index contributed by atoms with van der Waals surface area (Å²) in [4.78, 5) is 9.12. The van der Waals surface area contributed by atoms with E-state index in [1.165, 1.54) is 0 Å². The van der Waals surface area contributed by atoms with Gasteiger partial charge < -0.3 is 0 Å². The van der Waals surface area contributed by atoms with Crippen molar-refractivity contribution in [3.63, 3.8) is 0 Å². The largest absolute Gasteiger partial charge is 0.270 e. The molecule has 218 valence electrons. The molecular weight excluding hydrogens is 496 g/mol. The van der Waals surface area contributed by atoms with E-state index in [0.29, 0.717) is 26.1 Å². The highest BCUT2D eigenvalue weighted by atomic mass is 32.2. The highest BCUT2D eigenvalue weighted by Crippen LogP contribution is 2.24. The molecule has 0 aromatic rings. The minimum atomic E-state index is -3.63. The van der Waals surface area contributed by atoms with E-state index >= 15 is 0 Å². The van der Waals surface area contributed by atoms with Crippen molar-refractivity contribution in [1.29, 1.82) is 0 Å². The first-order chi connectivity index (χ1) is 17.5. The summed E-state index contributed by atoms with van der Waals surface area (Å²) in [5.41, 5.74) is 0. The molecule has 0 fully saturated rings. The van der Waals surface area contributed by atoms with Crippen LogP contribution in [-0.4, -0.2) is 43.5 Å². The van der Waals surface area contributed by atoms with E-state index in [-0.39, 0.29) is 6.10 Å². The Kier molecular flexibility index (Phi) is 25.9. The van der Waals surface area contributed by atoms with E-state index < -0.39 is 15.4 Å². The fraction of sp³-hybridized carbons (Fsp3) is 1.00. The molecule has 0 rings (SSSR count). The average molecular weight is 547 g/mol. The summed E-state index contributed by atoms with van der Waals surface area (Å²) in [5, 5.41) is 30.2. The van der Waals surface area contributed by atoms with Gasteiger partial charge >= 0.3 is 0 Å². The van der Waals surface area contributed by atoms with E-state index in [9.17, 15) is 8.42 Å². The second-order valence-electron chi connectivity index (χ2n) is 9.16. The van der Waals surface area contributed by atoms with Crippen LogP contribution in [0.1, 0.15) is 129 Å². The standard InChI is InChI=1S/C24H50O11S/c1-3-5-17-23(18-13-9-7-11-15-21-29-34-32-25)31-36(27,28)24(19-6-4-2)20-14-10-8-12-16-22-30-35-33-26/h23-26H,3-22H2,1-2H3. The summed E-state index contributed by atoms with van der Waals surface area (Å²) >= 11 is 0. The van der Waals surface area contributed by atoms with Gasteiger partial charge in [-0.25, -0.2) is 20.3 Å². The SMILES string of the molecule is CCCCC(CCCCCCCOOOO)OS(=O)(=O)C(CCCC)CCCCCCCOOOO. The zero-order valence-electron chi connectivity index (χ0n) is 22.3. The van der Waals surface area contributed by atoms with E-state index in [2.05, 4.69) is 43.8 Å². The fourth-order valence-electron chi connectivity index (χ4n) is 4.04. The topological polar surface area (TPSA) is 139 Å². The first-order valence-corrected chi connectivity index (χ1v) is 15.1. The number of hydrogen-bond acceptors (Lipinski definition) is 11. The molecule has 2 N–H and O–H groups in total. The average Bonchev–Trinajstić information content (AvgIpc) is 2.86. The van der Waals surface area contributed by atoms with Gasteiger partial charge in [0, 0.05) is 0 Å². The number of hydrogen-bond donors (Lipinski definition) is 2. The Bertz CT molecular complexity index is 548. The molecule has 0 aromatic carbocycles. The molecule has 0 spiro atoms. The van der Waals surface area contributed by atoms with Gasteiger partial charge in [-0.05, 0) is 58.7 Å². The third kappa shape index (κ3) is 21.7. The van der Waals surface area contributed by atoms with Crippen LogP contribution in [-0.2, 0) is 44.2 Å². The van der Waals surface area contributed by atoms with Gasteiger partial charge in [-0.15, -0.1) is 0 Å². The predicted molar refractivity (Wildman–Crippen MR) is 134 cm³/mol. The second-order valence-corrected chi connectivity index (χ2v) is 11.0. The summed E-state index contributed by atoms with van der Waals surface area (Å²) in [6.45, 7) is 4.83. The summed E-state index contributed by atoms with van der Waals surface area (Å²) in [6.07, 6.45) is 15.4. The van der Waals surface area contributed by atoms with Crippen LogP contribution in [0.4, 0.5) is 0 Å². The van der Waals surface area contributed by atoms with E-state index in [1.807, 2.05) is 0 Å². The molecule has 0 saturated heterocycles. The van der Waals surface area contributed by atoms with Crippen molar-refractivity contribution in [3.05, 3.63) is 0 Å². The highest BCUT2D eigenvalue weighted by molar-refractivity contribution is 7.87. The highest BCUT2D eigenvalue weighted by Gasteiger charge is 2.28. The smallest absolute Gasteiger partial charge is 0.267 e. The minimum Gasteiger partial charge on any atom is -0.267 e. The van der Waals surface area contributed by atoms with Gasteiger partial charge in [0.2, 0.25) is 0 Å². The first kappa shape index (κ1) is 35.6. The third-order valence-electron chi connectivity index (χ3n) is 6.10. The van der Waals surface area contributed by atoms with E-state index in [4.69, 9.17) is 14.7 Å². The van der Waals surface area contributed by atoms with Crippen LogP contribution >= 0.6 is 0 Å². The van der Waals surface area contributed by atoms with Gasteiger partial charge in [0.1, 0.15) is 0 Å². The van der Waals surface area contributed by atoms with Crippen molar-refractivity contribution < 1.29 is 53.0 Å². The maximum Gasteiger partial charge on any atom is 0.270 e. The summed E-state index contributed by atoms with van der Waals surface area (Å²) in [6, 6.07) is 0. The van der Waals surface area contributed by atoms with Crippen LogP contribution < -0.4 is 0 Å². The van der Waals surface area contributed by atoms with Gasteiger partial charge in [-0.3, -0.25) is 4.18 Å². The van der Waals surface area contributed by atoms with Crippen LogP contribution in [0.15, 0.2) is 0 Å². The molecule has 36 heavy (non-hydrogen) atoms. The third-order valence-corrected chi connectivity index (χ3v) is 7.93. The van der Waals surface area contributed by atoms with Gasteiger partial charge in [0.05, 0.1) is 24.6 Å². The molecule has 0 aliphatic heterocycles. The lowest BCUT2D eigenvalue weighted by Crippen LogP contribution is -2.28. The maximum atomic E-state index is 13.2. The van der Waals surface area contributed by atoms with Crippen LogP contribution in [0.5, 0.6) is 0 Å². The molecule has 0 bridgehead atoms. The molecule has 0 aliphatic rings. The Morgan fingerprint density at radius 3 is 1.53 bits per heavy atom. The molecule has 0 saturated carbocycles. The van der Waals surface area contributed by atoms with Crippen molar-refractivity contribution in [3.8, 4) is 0 Å². The Morgan fingerprint density at radius 2 is 1.00 bits per heavy atom. The summed E-state index contributed by atoms with van der Waals surface area (Å²) in [5.74, 6) is 0.